The predicted molar refractivity (Wildman–Crippen MR) is 60.3 cm³/mol. The van der Waals surface area contributed by atoms with Crippen molar-refractivity contribution in [3.8, 4) is 0 Å². The lowest BCUT2D eigenvalue weighted by molar-refractivity contribution is 0.245. The number of nitrogens with one attached hydrogen (secondary N) is 1. The maximum Gasteiger partial charge on any atom is 0.261 e. The van der Waals surface area contributed by atoms with Gasteiger partial charge in [-0.25, -0.2) is 22.5 Å². The molecule has 0 saturated carbocycles. The van der Waals surface area contributed by atoms with E-state index in [0.717, 1.165) is 6.07 Å². The molecule has 5 nitrogen and oxygen atoms in total. The molecule has 1 heterocycles. The Hall–Kier alpha value is -1.05. The smallest absolute Gasteiger partial charge is 0.261 e. The molecule has 17 heavy (non-hydrogen) atoms. The highest BCUT2D eigenvalue weighted by atomic mass is 32.2. The third kappa shape index (κ3) is 3.72. The van der Waals surface area contributed by atoms with Crippen molar-refractivity contribution in [2.75, 3.05) is 6.61 Å². The van der Waals surface area contributed by atoms with Gasteiger partial charge in [0.2, 0.25) is 5.03 Å². The van der Waals surface area contributed by atoms with E-state index >= 15 is 0 Å². The van der Waals surface area contributed by atoms with Crippen molar-refractivity contribution in [2.24, 2.45) is 0 Å². The molecule has 1 aromatic rings. The van der Waals surface area contributed by atoms with Crippen molar-refractivity contribution in [3.05, 3.63) is 24.1 Å². The van der Waals surface area contributed by atoms with Gasteiger partial charge >= 0.3 is 0 Å². The second-order valence-electron chi connectivity index (χ2n) is 4.25. The average molecular weight is 262 g/mol. The minimum Gasteiger partial charge on any atom is -0.396 e. The summed E-state index contributed by atoms with van der Waals surface area (Å²) in [6.45, 7) is 3.03. The first-order valence-electron chi connectivity index (χ1n) is 5.04. The molecule has 7 heteroatoms. The number of rotatable bonds is 5. The topological polar surface area (TPSA) is 79.3 Å². The van der Waals surface area contributed by atoms with Gasteiger partial charge < -0.3 is 5.11 Å². The zero-order chi connectivity index (χ0) is 13.1. The molecule has 0 aliphatic rings. The molecule has 0 saturated heterocycles. The molecule has 0 unspecified atom stereocenters. The zero-order valence-corrected chi connectivity index (χ0v) is 10.5. The van der Waals surface area contributed by atoms with Crippen molar-refractivity contribution in [3.63, 3.8) is 0 Å². The maximum absolute atomic E-state index is 13.3. The van der Waals surface area contributed by atoms with Gasteiger partial charge in [0.05, 0.1) is 0 Å². The van der Waals surface area contributed by atoms with E-state index in [2.05, 4.69) is 9.71 Å². The van der Waals surface area contributed by atoms with Crippen LogP contribution in [0.15, 0.2) is 23.4 Å². The third-order valence-corrected chi connectivity index (χ3v) is 3.76. The third-order valence-electron chi connectivity index (χ3n) is 2.13. The van der Waals surface area contributed by atoms with E-state index in [1.807, 2.05) is 0 Å². The zero-order valence-electron chi connectivity index (χ0n) is 9.64. The van der Waals surface area contributed by atoms with Crippen molar-refractivity contribution < 1.29 is 17.9 Å². The standard InChI is InChI=1S/C10H15FN2O3S/c1-10(2,5-7-14)13-17(15,16)9-8(11)4-3-6-12-9/h3-4,6,13-14H,5,7H2,1-2H3. The Labute approximate surface area is 99.7 Å². The molecule has 0 aliphatic heterocycles. The Morgan fingerprint density at radius 3 is 2.71 bits per heavy atom. The van der Waals surface area contributed by atoms with Crippen LogP contribution in [0.4, 0.5) is 4.39 Å². The van der Waals surface area contributed by atoms with Gasteiger partial charge in [-0.1, -0.05) is 0 Å². The number of nitrogens with zero attached hydrogens (tertiary/aromatic N) is 1. The largest absolute Gasteiger partial charge is 0.396 e. The van der Waals surface area contributed by atoms with Gasteiger partial charge in [0.15, 0.2) is 5.82 Å². The van der Waals surface area contributed by atoms with E-state index in [0.29, 0.717) is 0 Å². The van der Waals surface area contributed by atoms with Gasteiger partial charge in [-0.3, -0.25) is 0 Å². The van der Waals surface area contributed by atoms with E-state index in [-0.39, 0.29) is 13.0 Å². The Morgan fingerprint density at radius 1 is 1.53 bits per heavy atom. The van der Waals surface area contributed by atoms with Crippen molar-refractivity contribution in [1.82, 2.24) is 9.71 Å². The number of aromatic nitrogens is 1. The lowest BCUT2D eigenvalue weighted by Gasteiger charge is -2.24. The number of aliphatic hydroxyl groups is 1. The molecule has 2 N–H and O–H groups in total. The molecule has 0 bridgehead atoms. The van der Waals surface area contributed by atoms with Gasteiger partial charge in [0.25, 0.3) is 10.0 Å². The Kier molecular flexibility index (Phi) is 4.18. The minimum atomic E-state index is -4.02. The number of aliphatic hydroxyl groups excluding tert-OH is 1. The number of sulfonamides is 1. The highest BCUT2D eigenvalue weighted by Crippen LogP contribution is 2.15. The fourth-order valence-corrected chi connectivity index (χ4v) is 2.76. The lowest BCUT2D eigenvalue weighted by atomic mass is 10.0. The number of hydrogen-bond donors (Lipinski definition) is 2. The summed E-state index contributed by atoms with van der Waals surface area (Å²) in [7, 11) is -4.02. The molecule has 0 radical (unpaired) electrons. The molecule has 0 aliphatic carbocycles. The van der Waals surface area contributed by atoms with Gasteiger partial charge in [0.1, 0.15) is 0 Å². The van der Waals surface area contributed by atoms with Crippen LogP contribution in [0.2, 0.25) is 0 Å². The van der Waals surface area contributed by atoms with Crippen molar-refractivity contribution in [1.29, 1.82) is 0 Å². The van der Waals surface area contributed by atoms with Crippen molar-refractivity contribution >= 4 is 10.0 Å². The molecule has 0 fully saturated rings. The summed E-state index contributed by atoms with van der Waals surface area (Å²) in [6, 6.07) is 2.34. The monoisotopic (exact) mass is 262 g/mol. The summed E-state index contributed by atoms with van der Waals surface area (Å²) in [6.07, 6.45) is 1.43. The quantitative estimate of drug-likeness (QED) is 0.817. The van der Waals surface area contributed by atoms with Crippen molar-refractivity contribution in [2.45, 2.75) is 30.8 Å². The van der Waals surface area contributed by atoms with E-state index in [1.165, 1.54) is 12.3 Å². The Balaban J connectivity index is 3.02. The number of hydrogen-bond acceptors (Lipinski definition) is 4. The Bertz CT molecular complexity index is 488. The first kappa shape index (κ1) is 14.0. The fraction of sp³-hybridized carbons (Fsp3) is 0.500. The number of halogens is 1. The molecule has 0 aromatic carbocycles. The van der Waals surface area contributed by atoms with Crippen LogP contribution in [0, 0.1) is 5.82 Å². The van der Waals surface area contributed by atoms with Gasteiger partial charge in [-0.05, 0) is 32.4 Å². The SMILES string of the molecule is CC(C)(CCO)NS(=O)(=O)c1ncccc1F. The summed E-state index contributed by atoms with van der Waals surface area (Å²) in [5, 5.41) is 8.17. The Morgan fingerprint density at radius 2 is 2.18 bits per heavy atom. The second-order valence-corrected chi connectivity index (χ2v) is 5.85. The molecule has 0 atom stereocenters. The van der Waals surface area contributed by atoms with Crippen LogP contribution in [-0.2, 0) is 10.0 Å². The number of pyridine rings is 1. The average Bonchev–Trinajstić information content (AvgIpc) is 2.15. The predicted octanol–water partition coefficient (Wildman–Crippen LogP) is 0.660. The van der Waals surface area contributed by atoms with Gasteiger partial charge in [0, 0.05) is 18.3 Å². The highest BCUT2D eigenvalue weighted by Gasteiger charge is 2.28. The van der Waals surface area contributed by atoms with Crippen LogP contribution in [-0.4, -0.2) is 30.7 Å². The summed E-state index contributed by atoms with van der Waals surface area (Å²) in [5.74, 6) is -0.903. The van der Waals surface area contributed by atoms with Crippen LogP contribution in [0.1, 0.15) is 20.3 Å². The van der Waals surface area contributed by atoms with Crippen LogP contribution in [0.25, 0.3) is 0 Å². The summed E-state index contributed by atoms with van der Waals surface area (Å²) in [5.41, 5.74) is -0.864. The first-order chi connectivity index (χ1) is 7.78. The van der Waals surface area contributed by atoms with E-state index < -0.39 is 26.4 Å². The van der Waals surface area contributed by atoms with Gasteiger partial charge in [-0.15, -0.1) is 0 Å². The van der Waals surface area contributed by atoms with Gasteiger partial charge in [-0.2, -0.15) is 0 Å². The van der Waals surface area contributed by atoms with Crippen LogP contribution >= 0.6 is 0 Å². The summed E-state index contributed by atoms with van der Waals surface area (Å²) >= 11 is 0. The molecular formula is C10H15FN2O3S. The van der Waals surface area contributed by atoms with Crippen LogP contribution in [0.3, 0.4) is 0 Å². The molecule has 1 rings (SSSR count). The molecule has 96 valence electrons. The van der Waals surface area contributed by atoms with Crippen LogP contribution < -0.4 is 4.72 Å². The normalized spacial score (nSPS) is 12.7. The molecular weight excluding hydrogens is 247 g/mol. The summed E-state index contributed by atoms with van der Waals surface area (Å²) < 4.78 is 39.3. The first-order valence-corrected chi connectivity index (χ1v) is 6.52. The lowest BCUT2D eigenvalue weighted by Crippen LogP contribution is -2.44. The molecule has 0 amide bonds. The second kappa shape index (κ2) is 5.07. The fourth-order valence-electron chi connectivity index (χ4n) is 1.31. The van der Waals surface area contributed by atoms with Crippen LogP contribution in [0.5, 0.6) is 0 Å². The minimum absolute atomic E-state index is 0.166. The maximum atomic E-state index is 13.3. The highest BCUT2D eigenvalue weighted by molar-refractivity contribution is 7.89. The van der Waals surface area contributed by atoms with E-state index in [4.69, 9.17) is 5.11 Å². The molecule has 1 aromatic heterocycles. The van der Waals surface area contributed by atoms with E-state index in [1.54, 1.807) is 13.8 Å². The molecule has 0 spiro atoms. The summed E-state index contributed by atoms with van der Waals surface area (Å²) in [4.78, 5) is 3.51. The van der Waals surface area contributed by atoms with E-state index in [9.17, 15) is 12.8 Å².